The van der Waals surface area contributed by atoms with Gasteiger partial charge in [-0.2, -0.15) is 4.98 Å². The molecule has 1 amide bonds. The summed E-state index contributed by atoms with van der Waals surface area (Å²) in [6.45, 7) is 0.369. The molecule has 0 bridgehead atoms. The highest BCUT2D eigenvalue weighted by Crippen LogP contribution is 2.22. The van der Waals surface area contributed by atoms with Crippen molar-refractivity contribution in [3.05, 3.63) is 48.0 Å². The molecular weight excluding hydrogens is 338 g/mol. The van der Waals surface area contributed by atoms with Gasteiger partial charge in [-0.25, -0.2) is 0 Å². The first-order valence-corrected chi connectivity index (χ1v) is 8.03. The molecule has 8 nitrogen and oxygen atoms in total. The Hall–Kier alpha value is -3.29. The van der Waals surface area contributed by atoms with Crippen LogP contribution in [0.4, 0.5) is 0 Å². The number of aryl methyl sites for hydroxylation is 1. The number of nitrogens with zero attached hydrogens (tertiary/aromatic N) is 2. The maximum absolute atomic E-state index is 12.1. The SMILES string of the molecule is COc1cc(CNC(=O)CCc2nc(-c3ccco3)no2)cc(OC)c1. The van der Waals surface area contributed by atoms with E-state index in [-0.39, 0.29) is 12.3 Å². The van der Waals surface area contributed by atoms with E-state index in [1.54, 1.807) is 32.4 Å². The van der Waals surface area contributed by atoms with Gasteiger partial charge in [0.05, 0.1) is 20.5 Å². The number of furan rings is 1. The molecule has 0 aliphatic rings. The first kappa shape index (κ1) is 17.5. The number of hydrogen-bond acceptors (Lipinski definition) is 7. The normalized spacial score (nSPS) is 10.5. The fourth-order valence-electron chi connectivity index (χ4n) is 2.34. The number of nitrogens with one attached hydrogen (secondary N) is 1. The molecule has 0 aliphatic heterocycles. The van der Waals surface area contributed by atoms with E-state index in [2.05, 4.69) is 15.5 Å². The van der Waals surface area contributed by atoms with Gasteiger partial charge < -0.3 is 23.7 Å². The molecule has 2 aromatic heterocycles. The summed E-state index contributed by atoms with van der Waals surface area (Å²) >= 11 is 0. The van der Waals surface area contributed by atoms with Crippen molar-refractivity contribution in [1.82, 2.24) is 15.5 Å². The van der Waals surface area contributed by atoms with Crippen LogP contribution in [0.25, 0.3) is 11.6 Å². The summed E-state index contributed by atoms with van der Waals surface area (Å²) in [6.07, 6.45) is 2.12. The van der Waals surface area contributed by atoms with Crippen LogP contribution in [0.15, 0.2) is 45.5 Å². The molecule has 2 heterocycles. The quantitative estimate of drug-likeness (QED) is 0.661. The van der Waals surface area contributed by atoms with Crippen LogP contribution in [0, 0.1) is 0 Å². The molecule has 0 aliphatic carbocycles. The molecule has 0 fully saturated rings. The van der Waals surface area contributed by atoms with E-state index in [1.807, 2.05) is 12.1 Å². The van der Waals surface area contributed by atoms with Crippen molar-refractivity contribution < 1.29 is 23.2 Å². The van der Waals surface area contributed by atoms with Crippen LogP contribution in [-0.4, -0.2) is 30.3 Å². The Morgan fingerprint density at radius 3 is 2.62 bits per heavy atom. The first-order chi connectivity index (χ1) is 12.7. The summed E-state index contributed by atoms with van der Waals surface area (Å²) in [4.78, 5) is 16.3. The zero-order valence-corrected chi connectivity index (χ0v) is 14.5. The number of aromatic nitrogens is 2. The fourth-order valence-corrected chi connectivity index (χ4v) is 2.34. The van der Waals surface area contributed by atoms with Crippen LogP contribution >= 0.6 is 0 Å². The fraction of sp³-hybridized carbons (Fsp3) is 0.278. The minimum Gasteiger partial charge on any atom is -0.497 e. The van der Waals surface area contributed by atoms with E-state index < -0.39 is 0 Å². The second kappa shape index (κ2) is 8.19. The molecule has 3 rings (SSSR count). The first-order valence-electron chi connectivity index (χ1n) is 8.03. The maximum Gasteiger partial charge on any atom is 0.238 e. The lowest BCUT2D eigenvalue weighted by molar-refractivity contribution is -0.121. The van der Waals surface area contributed by atoms with Crippen molar-refractivity contribution in [2.75, 3.05) is 14.2 Å². The van der Waals surface area contributed by atoms with Gasteiger partial charge in [0.15, 0.2) is 5.76 Å². The molecule has 0 spiro atoms. The summed E-state index contributed by atoms with van der Waals surface area (Å²) in [5.74, 6) is 2.50. The van der Waals surface area contributed by atoms with Crippen LogP contribution < -0.4 is 14.8 Å². The number of rotatable bonds is 8. The van der Waals surface area contributed by atoms with Crippen LogP contribution in [0.2, 0.25) is 0 Å². The molecule has 3 aromatic rings. The lowest BCUT2D eigenvalue weighted by Gasteiger charge is -2.09. The van der Waals surface area contributed by atoms with Gasteiger partial charge in [0, 0.05) is 25.5 Å². The molecule has 26 heavy (non-hydrogen) atoms. The molecule has 1 N–H and O–H groups in total. The van der Waals surface area contributed by atoms with Gasteiger partial charge in [0.1, 0.15) is 11.5 Å². The third kappa shape index (κ3) is 4.41. The largest absolute Gasteiger partial charge is 0.497 e. The van der Waals surface area contributed by atoms with E-state index in [0.717, 1.165) is 5.56 Å². The smallest absolute Gasteiger partial charge is 0.238 e. The van der Waals surface area contributed by atoms with E-state index in [1.165, 1.54) is 6.26 Å². The number of methoxy groups -OCH3 is 2. The third-order valence-corrected chi connectivity index (χ3v) is 3.68. The van der Waals surface area contributed by atoms with Gasteiger partial charge in [0.2, 0.25) is 17.6 Å². The van der Waals surface area contributed by atoms with Crippen molar-refractivity contribution in [3.8, 4) is 23.1 Å². The van der Waals surface area contributed by atoms with Gasteiger partial charge in [-0.15, -0.1) is 0 Å². The maximum atomic E-state index is 12.1. The number of amides is 1. The number of ether oxygens (including phenoxy) is 2. The predicted octanol–water partition coefficient (Wildman–Crippen LogP) is 2.60. The van der Waals surface area contributed by atoms with E-state index in [4.69, 9.17) is 18.4 Å². The molecule has 8 heteroatoms. The highest BCUT2D eigenvalue weighted by Gasteiger charge is 2.12. The molecule has 1 aromatic carbocycles. The Labute approximate surface area is 150 Å². The van der Waals surface area contributed by atoms with E-state index >= 15 is 0 Å². The van der Waals surface area contributed by atoms with Gasteiger partial charge >= 0.3 is 0 Å². The van der Waals surface area contributed by atoms with Crippen molar-refractivity contribution >= 4 is 5.91 Å². The minimum atomic E-state index is -0.121. The lowest BCUT2D eigenvalue weighted by Crippen LogP contribution is -2.23. The Morgan fingerprint density at radius 2 is 1.96 bits per heavy atom. The van der Waals surface area contributed by atoms with E-state index in [0.29, 0.717) is 41.9 Å². The monoisotopic (exact) mass is 357 g/mol. The number of benzene rings is 1. The minimum absolute atomic E-state index is 0.121. The highest BCUT2D eigenvalue weighted by molar-refractivity contribution is 5.76. The molecular formula is C18H19N3O5. The van der Waals surface area contributed by atoms with Crippen molar-refractivity contribution in [2.45, 2.75) is 19.4 Å². The average Bonchev–Trinajstić information content (AvgIpc) is 3.35. The second-order valence-corrected chi connectivity index (χ2v) is 5.49. The molecule has 0 radical (unpaired) electrons. The van der Waals surface area contributed by atoms with Gasteiger partial charge in [-0.1, -0.05) is 5.16 Å². The van der Waals surface area contributed by atoms with Crippen molar-refractivity contribution in [1.29, 1.82) is 0 Å². The average molecular weight is 357 g/mol. The Bertz CT molecular complexity index is 835. The summed E-state index contributed by atoms with van der Waals surface area (Å²) in [5, 5.41) is 6.68. The van der Waals surface area contributed by atoms with Crippen LogP contribution in [-0.2, 0) is 17.8 Å². The third-order valence-electron chi connectivity index (χ3n) is 3.68. The number of carbonyl (C=O) groups excluding carboxylic acids is 1. The Morgan fingerprint density at radius 1 is 1.19 bits per heavy atom. The van der Waals surface area contributed by atoms with Crippen LogP contribution in [0.3, 0.4) is 0 Å². The van der Waals surface area contributed by atoms with Crippen molar-refractivity contribution in [3.63, 3.8) is 0 Å². The zero-order chi connectivity index (χ0) is 18.4. The molecule has 0 saturated carbocycles. The number of hydrogen-bond donors (Lipinski definition) is 1. The summed E-state index contributed by atoms with van der Waals surface area (Å²) in [7, 11) is 3.16. The summed E-state index contributed by atoms with van der Waals surface area (Å²) < 4.78 is 20.8. The predicted molar refractivity (Wildman–Crippen MR) is 91.7 cm³/mol. The highest BCUT2D eigenvalue weighted by atomic mass is 16.5. The second-order valence-electron chi connectivity index (χ2n) is 5.49. The number of carbonyl (C=O) groups is 1. The molecule has 136 valence electrons. The van der Waals surface area contributed by atoms with Crippen molar-refractivity contribution in [2.24, 2.45) is 0 Å². The zero-order valence-electron chi connectivity index (χ0n) is 14.5. The Kier molecular flexibility index (Phi) is 5.52. The lowest BCUT2D eigenvalue weighted by atomic mass is 10.2. The molecule has 0 unspecified atom stereocenters. The van der Waals surface area contributed by atoms with E-state index in [9.17, 15) is 4.79 Å². The van der Waals surface area contributed by atoms with Crippen LogP contribution in [0.5, 0.6) is 11.5 Å². The summed E-state index contributed by atoms with van der Waals surface area (Å²) in [6, 6.07) is 8.94. The van der Waals surface area contributed by atoms with Gasteiger partial charge in [0.25, 0.3) is 0 Å². The van der Waals surface area contributed by atoms with Gasteiger partial charge in [-0.3, -0.25) is 4.79 Å². The molecule has 0 saturated heterocycles. The summed E-state index contributed by atoms with van der Waals surface area (Å²) in [5.41, 5.74) is 0.882. The van der Waals surface area contributed by atoms with Gasteiger partial charge in [-0.05, 0) is 29.8 Å². The standard InChI is InChI=1S/C18H19N3O5/c1-23-13-8-12(9-14(10-13)24-2)11-19-16(22)5-6-17-20-18(21-26-17)15-4-3-7-25-15/h3-4,7-10H,5-6,11H2,1-2H3,(H,19,22). The van der Waals surface area contributed by atoms with Crippen LogP contribution in [0.1, 0.15) is 17.9 Å². The topological polar surface area (TPSA) is 99.6 Å². The molecule has 0 atom stereocenters. The Balaban J connectivity index is 1.50.